The molecule has 1 saturated heterocycles. The van der Waals surface area contributed by atoms with E-state index in [1.54, 1.807) is 12.1 Å². The van der Waals surface area contributed by atoms with Gasteiger partial charge in [-0.3, -0.25) is 4.90 Å². The molecule has 1 aliphatic rings. The number of nitrogens with zero attached hydrogens (tertiary/aromatic N) is 1. The van der Waals surface area contributed by atoms with Crippen LogP contribution in [0.3, 0.4) is 0 Å². The van der Waals surface area contributed by atoms with Crippen molar-refractivity contribution in [2.24, 2.45) is 0 Å². The number of nitrogen functional groups attached to an aromatic ring is 1. The molecule has 0 aliphatic carbocycles. The minimum absolute atomic E-state index is 0.324. The van der Waals surface area contributed by atoms with Crippen LogP contribution in [0.2, 0.25) is 0 Å². The van der Waals surface area contributed by atoms with Gasteiger partial charge in [0.05, 0.1) is 5.56 Å². The van der Waals surface area contributed by atoms with E-state index in [2.05, 4.69) is 4.90 Å². The van der Waals surface area contributed by atoms with E-state index >= 15 is 0 Å². The number of aryl methyl sites for hydroxylation is 1. The van der Waals surface area contributed by atoms with E-state index in [1.165, 1.54) is 12.8 Å². The second-order valence-corrected chi connectivity index (χ2v) is 4.78. The Morgan fingerprint density at radius 1 is 1.39 bits per heavy atom. The van der Waals surface area contributed by atoms with E-state index < -0.39 is 0 Å². The van der Waals surface area contributed by atoms with Crippen LogP contribution >= 0.6 is 0 Å². The minimum atomic E-state index is -0.324. The Hall–Kier alpha value is -1.55. The lowest BCUT2D eigenvalue weighted by molar-refractivity contribution is 0.0473. The third kappa shape index (κ3) is 3.23. The zero-order valence-electron chi connectivity index (χ0n) is 10.8. The molecule has 1 fully saturated rings. The van der Waals surface area contributed by atoms with Gasteiger partial charge in [-0.15, -0.1) is 0 Å². The van der Waals surface area contributed by atoms with Crippen molar-refractivity contribution in [1.29, 1.82) is 0 Å². The largest absolute Gasteiger partial charge is 0.461 e. The SMILES string of the molecule is Cc1ccc(N)c(C(=O)OCCN2CCCC2)c1. The van der Waals surface area contributed by atoms with Gasteiger partial charge in [-0.2, -0.15) is 0 Å². The fourth-order valence-corrected chi connectivity index (χ4v) is 2.20. The Balaban J connectivity index is 1.85. The van der Waals surface area contributed by atoms with Crippen molar-refractivity contribution < 1.29 is 9.53 Å². The predicted molar refractivity (Wildman–Crippen MR) is 71.5 cm³/mol. The molecule has 0 spiro atoms. The minimum Gasteiger partial charge on any atom is -0.461 e. The maximum atomic E-state index is 11.9. The van der Waals surface area contributed by atoms with Gasteiger partial charge in [0.25, 0.3) is 0 Å². The average molecular weight is 248 g/mol. The number of carbonyl (C=O) groups is 1. The molecule has 0 amide bonds. The van der Waals surface area contributed by atoms with E-state index in [1.807, 2.05) is 13.0 Å². The van der Waals surface area contributed by atoms with Gasteiger partial charge >= 0.3 is 5.97 Å². The Labute approximate surface area is 108 Å². The highest BCUT2D eigenvalue weighted by atomic mass is 16.5. The Morgan fingerprint density at radius 2 is 2.11 bits per heavy atom. The summed E-state index contributed by atoms with van der Waals surface area (Å²) in [5.41, 5.74) is 7.73. The summed E-state index contributed by atoms with van der Waals surface area (Å²) >= 11 is 0. The summed E-state index contributed by atoms with van der Waals surface area (Å²) in [5.74, 6) is -0.324. The van der Waals surface area contributed by atoms with Crippen LogP contribution < -0.4 is 5.73 Å². The molecular formula is C14H20N2O2. The molecule has 1 heterocycles. The maximum absolute atomic E-state index is 11.9. The van der Waals surface area contributed by atoms with Crippen LogP contribution in [0.1, 0.15) is 28.8 Å². The quantitative estimate of drug-likeness (QED) is 0.652. The topological polar surface area (TPSA) is 55.6 Å². The van der Waals surface area contributed by atoms with Crippen molar-refractivity contribution in [3.63, 3.8) is 0 Å². The van der Waals surface area contributed by atoms with Crippen LogP contribution in [0.4, 0.5) is 5.69 Å². The van der Waals surface area contributed by atoms with Crippen molar-refractivity contribution in [2.75, 3.05) is 32.0 Å². The fourth-order valence-electron chi connectivity index (χ4n) is 2.20. The summed E-state index contributed by atoms with van der Waals surface area (Å²) in [5, 5.41) is 0. The Kier molecular flexibility index (Phi) is 4.20. The number of carbonyl (C=O) groups excluding carboxylic acids is 1. The van der Waals surface area contributed by atoms with Gasteiger partial charge in [-0.25, -0.2) is 4.79 Å². The second kappa shape index (κ2) is 5.87. The maximum Gasteiger partial charge on any atom is 0.340 e. The zero-order chi connectivity index (χ0) is 13.0. The van der Waals surface area contributed by atoms with Crippen molar-refractivity contribution >= 4 is 11.7 Å². The van der Waals surface area contributed by atoms with Crippen LogP contribution in [-0.2, 0) is 4.74 Å². The number of hydrogen-bond acceptors (Lipinski definition) is 4. The fraction of sp³-hybridized carbons (Fsp3) is 0.500. The summed E-state index contributed by atoms with van der Waals surface area (Å²) in [6, 6.07) is 5.40. The number of nitrogens with two attached hydrogens (primary N) is 1. The first-order valence-corrected chi connectivity index (χ1v) is 6.42. The number of likely N-dealkylation sites (tertiary alicyclic amines) is 1. The third-order valence-electron chi connectivity index (χ3n) is 3.27. The monoisotopic (exact) mass is 248 g/mol. The highest BCUT2D eigenvalue weighted by Crippen LogP contribution is 2.15. The molecule has 2 N–H and O–H groups in total. The van der Waals surface area contributed by atoms with Crippen LogP contribution in [-0.4, -0.2) is 37.1 Å². The highest BCUT2D eigenvalue weighted by molar-refractivity contribution is 5.95. The van der Waals surface area contributed by atoms with Gasteiger partial charge in [0.1, 0.15) is 6.61 Å². The molecule has 1 aromatic carbocycles. The van der Waals surface area contributed by atoms with Gasteiger partial charge in [-0.05, 0) is 45.0 Å². The van der Waals surface area contributed by atoms with E-state index in [0.29, 0.717) is 17.9 Å². The molecule has 2 rings (SSSR count). The van der Waals surface area contributed by atoms with Crippen molar-refractivity contribution in [2.45, 2.75) is 19.8 Å². The van der Waals surface area contributed by atoms with Gasteiger partial charge < -0.3 is 10.5 Å². The molecule has 98 valence electrons. The molecule has 0 bridgehead atoms. The van der Waals surface area contributed by atoms with Gasteiger partial charge in [0.2, 0.25) is 0 Å². The summed E-state index contributed by atoms with van der Waals surface area (Å²) in [6.45, 7) is 5.42. The lowest BCUT2D eigenvalue weighted by Crippen LogP contribution is -2.25. The molecule has 0 saturated carbocycles. The molecule has 18 heavy (non-hydrogen) atoms. The van der Waals surface area contributed by atoms with Gasteiger partial charge in [-0.1, -0.05) is 11.6 Å². The molecular weight excluding hydrogens is 228 g/mol. The summed E-state index contributed by atoms with van der Waals surface area (Å²) in [4.78, 5) is 14.2. The lowest BCUT2D eigenvalue weighted by Gasteiger charge is -2.14. The first kappa shape index (κ1) is 12.9. The lowest BCUT2D eigenvalue weighted by atomic mass is 10.1. The molecule has 4 nitrogen and oxygen atoms in total. The van der Waals surface area contributed by atoms with Crippen LogP contribution in [0.5, 0.6) is 0 Å². The molecule has 1 aromatic rings. The van der Waals surface area contributed by atoms with Crippen LogP contribution in [0.25, 0.3) is 0 Å². The summed E-state index contributed by atoms with van der Waals surface area (Å²) in [6.07, 6.45) is 2.50. The van der Waals surface area contributed by atoms with E-state index in [4.69, 9.17) is 10.5 Å². The average Bonchev–Trinajstić information content (AvgIpc) is 2.85. The first-order valence-electron chi connectivity index (χ1n) is 6.42. The van der Waals surface area contributed by atoms with Crippen LogP contribution in [0, 0.1) is 6.92 Å². The van der Waals surface area contributed by atoms with Crippen molar-refractivity contribution in [3.8, 4) is 0 Å². The third-order valence-corrected chi connectivity index (χ3v) is 3.27. The van der Waals surface area contributed by atoms with Gasteiger partial charge in [0, 0.05) is 12.2 Å². The summed E-state index contributed by atoms with van der Waals surface area (Å²) < 4.78 is 5.27. The first-order chi connectivity index (χ1) is 8.66. The molecule has 0 aromatic heterocycles. The van der Waals surface area contributed by atoms with Crippen molar-refractivity contribution in [1.82, 2.24) is 4.90 Å². The number of esters is 1. The van der Waals surface area contributed by atoms with E-state index in [-0.39, 0.29) is 5.97 Å². The number of rotatable bonds is 4. The zero-order valence-corrected chi connectivity index (χ0v) is 10.8. The smallest absolute Gasteiger partial charge is 0.340 e. The molecule has 0 unspecified atom stereocenters. The van der Waals surface area contributed by atoms with Gasteiger partial charge in [0.15, 0.2) is 0 Å². The second-order valence-electron chi connectivity index (χ2n) is 4.78. The molecule has 1 aliphatic heterocycles. The molecule has 0 radical (unpaired) electrons. The number of benzene rings is 1. The molecule has 4 heteroatoms. The van der Waals surface area contributed by atoms with E-state index in [0.717, 1.165) is 25.2 Å². The predicted octanol–water partition coefficient (Wildman–Crippen LogP) is 1.83. The number of hydrogen-bond donors (Lipinski definition) is 1. The van der Waals surface area contributed by atoms with Crippen LogP contribution in [0.15, 0.2) is 18.2 Å². The number of anilines is 1. The highest BCUT2D eigenvalue weighted by Gasteiger charge is 2.14. The normalized spacial score (nSPS) is 15.8. The Morgan fingerprint density at radius 3 is 2.83 bits per heavy atom. The van der Waals surface area contributed by atoms with E-state index in [9.17, 15) is 4.79 Å². The van der Waals surface area contributed by atoms with Crippen molar-refractivity contribution in [3.05, 3.63) is 29.3 Å². The standard InChI is InChI=1S/C14H20N2O2/c1-11-4-5-13(15)12(10-11)14(17)18-9-8-16-6-2-3-7-16/h4-5,10H,2-3,6-9,15H2,1H3. The summed E-state index contributed by atoms with van der Waals surface area (Å²) in [7, 11) is 0. The Bertz CT molecular complexity index is 426. The molecule has 0 atom stereocenters. The number of ether oxygens (including phenoxy) is 1.